The van der Waals surface area contributed by atoms with Crippen LogP contribution in [-0.2, 0) is 18.3 Å². The normalized spacial score (nSPS) is 15.3. The average Bonchev–Trinajstić information content (AvgIpc) is 2.90. The molecule has 0 fully saturated rings. The van der Waals surface area contributed by atoms with Crippen LogP contribution in [0.3, 0.4) is 0 Å². The molecule has 0 amide bonds. The predicted molar refractivity (Wildman–Crippen MR) is 95.5 cm³/mol. The van der Waals surface area contributed by atoms with Crippen LogP contribution in [0.1, 0.15) is 5.56 Å². The van der Waals surface area contributed by atoms with Crippen molar-refractivity contribution in [3.8, 4) is 0 Å². The van der Waals surface area contributed by atoms with Crippen molar-refractivity contribution < 1.29 is 21.7 Å². The fourth-order valence-electron chi connectivity index (χ4n) is 2.49. The molecular weight excluding hydrogens is 354 g/mol. The number of nitrogens with one attached hydrogen (secondary N) is 1. The predicted octanol–water partition coefficient (Wildman–Crippen LogP) is -2.18. The molecule has 2 aromatic heterocycles. The number of halogens is 1. The van der Waals surface area contributed by atoms with E-state index >= 15 is 0 Å². The molecule has 8 nitrogen and oxygen atoms in total. The second kappa shape index (κ2) is 7.83. The van der Waals surface area contributed by atoms with Crippen LogP contribution in [0.4, 0.5) is 11.5 Å². The molecule has 2 heterocycles. The second-order valence-electron chi connectivity index (χ2n) is 5.67. The number of nitrogen functional groups attached to an aromatic ring is 1. The monoisotopic (exact) mass is 373 g/mol. The lowest BCUT2D eigenvalue weighted by Gasteiger charge is -2.12. The number of aromatic nitrogens is 3. The second-order valence-corrected chi connectivity index (χ2v) is 5.67. The van der Waals surface area contributed by atoms with Crippen molar-refractivity contribution in [1.29, 1.82) is 5.41 Å². The molecule has 0 spiro atoms. The Bertz CT molecular complexity index is 927. The van der Waals surface area contributed by atoms with Gasteiger partial charge < -0.3 is 28.6 Å². The van der Waals surface area contributed by atoms with Crippen LogP contribution in [0.5, 0.6) is 0 Å². The molecule has 0 saturated heterocycles. The highest BCUT2D eigenvalue weighted by Crippen LogP contribution is 2.24. The van der Waals surface area contributed by atoms with Gasteiger partial charge in [-0.25, -0.2) is 14.2 Å². The van der Waals surface area contributed by atoms with Gasteiger partial charge in [-0.15, -0.1) is 0 Å². The Morgan fingerprint density at radius 1 is 1.35 bits per heavy atom. The van der Waals surface area contributed by atoms with Crippen LogP contribution in [0, 0.1) is 5.41 Å². The van der Waals surface area contributed by atoms with Crippen molar-refractivity contribution >= 4 is 22.9 Å². The lowest BCUT2D eigenvalue weighted by Crippen LogP contribution is -3.00. The molecule has 5 N–H and O–H groups in total. The maximum atomic E-state index is 7.79. The van der Waals surface area contributed by atoms with Crippen molar-refractivity contribution in [1.82, 2.24) is 9.78 Å². The fraction of sp³-hybridized carbons (Fsp3) is 0.176. The molecule has 136 valence electrons. The van der Waals surface area contributed by atoms with E-state index in [9.17, 15) is 0 Å². The first-order chi connectivity index (χ1) is 12.0. The minimum absolute atomic E-state index is 0. The van der Waals surface area contributed by atoms with Crippen LogP contribution < -0.4 is 28.4 Å². The van der Waals surface area contributed by atoms with E-state index < -0.39 is 0 Å². The van der Waals surface area contributed by atoms with Crippen molar-refractivity contribution in [3.05, 3.63) is 59.9 Å². The van der Waals surface area contributed by atoms with Gasteiger partial charge in [0.25, 0.3) is 0 Å². The molecule has 0 aliphatic heterocycles. The maximum Gasteiger partial charge on any atom is 0.173 e. The third-order valence-electron chi connectivity index (χ3n) is 3.78. The molecule has 2 aromatic rings. The van der Waals surface area contributed by atoms with Crippen molar-refractivity contribution in [2.45, 2.75) is 6.54 Å². The van der Waals surface area contributed by atoms with Crippen LogP contribution in [0.15, 0.2) is 59.3 Å². The van der Waals surface area contributed by atoms with Gasteiger partial charge in [-0.1, -0.05) is 0 Å². The van der Waals surface area contributed by atoms with Gasteiger partial charge in [0.15, 0.2) is 12.4 Å². The lowest BCUT2D eigenvalue weighted by molar-refractivity contribution is -0.671. The van der Waals surface area contributed by atoms with Gasteiger partial charge in [-0.2, -0.15) is 5.10 Å². The summed E-state index contributed by atoms with van der Waals surface area (Å²) < 4.78 is 8.80. The standard InChI is InChI=1S/C17H20N7O.ClH/c1-23-5-3-4-11(9-23)10-24-17(20)15(8-21-24)22-14-7-16(25-2)13(19)6-12(14)18;/h3-9,19H,10,18,20H2,1-2H3;1H/q+1;/p-1. The van der Waals surface area contributed by atoms with E-state index in [0.29, 0.717) is 35.2 Å². The van der Waals surface area contributed by atoms with Gasteiger partial charge in [0.2, 0.25) is 0 Å². The summed E-state index contributed by atoms with van der Waals surface area (Å²) in [5.41, 5.74) is 14.8. The van der Waals surface area contributed by atoms with E-state index in [1.807, 2.05) is 36.1 Å². The molecule has 1 aliphatic carbocycles. The number of methoxy groups -OCH3 is 1. The molecule has 0 bridgehead atoms. The van der Waals surface area contributed by atoms with Gasteiger partial charge in [-0.05, 0) is 12.1 Å². The number of ether oxygens (including phenoxy) is 1. The Balaban J connectivity index is 0.00000243. The van der Waals surface area contributed by atoms with Gasteiger partial charge in [-0.3, -0.25) is 5.41 Å². The van der Waals surface area contributed by atoms with Crippen molar-refractivity contribution in [2.24, 2.45) is 17.8 Å². The number of rotatable bonds is 4. The Labute approximate surface area is 157 Å². The summed E-state index contributed by atoms with van der Waals surface area (Å²) in [6.07, 6.45) is 8.68. The van der Waals surface area contributed by atoms with Crippen molar-refractivity contribution in [2.75, 3.05) is 12.8 Å². The van der Waals surface area contributed by atoms with E-state index in [-0.39, 0.29) is 18.1 Å². The van der Waals surface area contributed by atoms with Crippen molar-refractivity contribution in [3.63, 3.8) is 0 Å². The zero-order valence-electron chi connectivity index (χ0n) is 14.5. The first kappa shape index (κ1) is 19.2. The first-order valence-electron chi connectivity index (χ1n) is 7.64. The van der Waals surface area contributed by atoms with Gasteiger partial charge in [0.1, 0.15) is 24.3 Å². The lowest BCUT2D eigenvalue weighted by atomic mass is 10.1. The third-order valence-corrected chi connectivity index (χ3v) is 3.78. The molecule has 9 heteroatoms. The number of allylic oxidation sites excluding steroid dienone is 2. The first-order valence-corrected chi connectivity index (χ1v) is 7.64. The number of nitrogens with two attached hydrogens (primary N) is 2. The summed E-state index contributed by atoms with van der Waals surface area (Å²) in [6.45, 7) is 0.542. The van der Waals surface area contributed by atoms with Crippen LogP contribution in [-0.4, -0.2) is 28.3 Å². The van der Waals surface area contributed by atoms with Gasteiger partial charge in [0.05, 0.1) is 37.0 Å². The van der Waals surface area contributed by atoms with E-state index in [2.05, 4.69) is 10.1 Å². The average molecular weight is 374 g/mol. The molecular formula is C17H20ClN7O. The number of nitrogens with zero attached hydrogens (tertiary/aromatic N) is 4. The van der Waals surface area contributed by atoms with E-state index in [1.165, 1.54) is 13.2 Å². The zero-order chi connectivity index (χ0) is 18.0. The van der Waals surface area contributed by atoms with Gasteiger partial charge in [0, 0.05) is 17.7 Å². The summed E-state index contributed by atoms with van der Waals surface area (Å²) >= 11 is 0. The molecule has 0 unspecified atom stereocenters. The molecule has 1 aliphatic rings. The number of hydrogen-bond acceptors (Lipinski definition) is 6. The number of aliphatic imine (C=N–C) groups is 1. The largest absolute Gasteiger partial charge is 1.00 e. The quantitative estimate of drug-likeness (QED) is 0.417. The smallest absolute Gasteiger partial charge is 0.173 e. The highest BCUT2D eigenvalue weighted by atomic mass is 35.5. The molecule has 0 atom stereocenters. The molecule has 0 saturated carbocycles. The molecule has 0 radical (unpaired) electrons. The van der Waals surface area contributed by atoms with E-state index in [0.717, 1.165) is 5.56 Å². The van der Waals surface area contributed by atoms with E-state index in [1.54, 1.807) is 17.0 Å². The summed E-state index contributed by atoms with van der Waals surface area (Å²) in [5.74, 6) is 0.843. The minimum Gasteiger partial charge on any atom is -1.00 e. The maximum absolute atomic E-state index is 7.79. The minimum atomic E-state index is 0. The summed E-state index contributed by atoms with van der Waals surface area (Å²) in [4.78, 5) is 4.47. The van der Waals surface area contributed by atoms with Gasteiger partial charge >= 0.3 is 0 Å². The van der Waals surface area contributed by atoms with Crippen LogP contribution >= 0.6 is 0 Å². The van der Waals surface area contributed by atoms with Crippen LogP contribution in [0.2, 0.25) is 0 Å². The number of pyridine rings is 1. The Hall–Kier alpha value is -3.13. The molecule has 3 rings (SSSR count). The zero-order valence-corrected chi connectivity index (χ0v) is 15.2. The Morgan fingerprint density at radius 3 is 2.81 bits per heavy atom. The Kier molecular flexibility index (Phi) is 5.78. The number of hydrogen-bond donors (Lipinski definition) is 3. The Morgan fingerprint density at radius 2 is 2.12 bits per heavy atom. The fourth-order valence-corrected chi connectivity index (χ4v) is 2.49. The summed E-state index contributed by atoms with van der Waals surface area (Å²) in [6, 6.07) is 3.98. The highest BCUT2D eigenvalue weighted by Gasteiger charge is 2.16. The van der Waals surface area contributed by atoms with Crippen LogP contribution in [0.25, 0.3) is 0 Å². The molecule has 0 aromatic carbocycles. The SMILES string of the molecule is COC1=CC(=Nc2cnn(Cc3ccc[n+](C)c3)c2N)C(N)=CC1=N.[Cl-]. The van der Waals surface area contributed by atoms with E-state index in [4.69, 9.17) is 21.6 Å². The summed E-state index contributed by atoms with van der Waals surface area (Å²) in [7, 11) is 3.46. The topological polar surface area (TPSA) is 119 Å². The number of anilines is 1. The third kappa shape index (κ3) is 3.92. The summed E-state index contributed by atoms with van der Waals surface area (Å²) in [5, 5.41) is 12.1. The highest BCUT2D eigenvalue weighted by molar-refractivity contribution is 6.22. The number of aryl methyl sites for hydroxylation is 1. The molecule has 26 heavy (non-hydrogen) atoms.